The smallest absolute Gasteiger partial charge is 0.0693 e. The summed E-state index contributed by atoms with van der Waals surface area (Å²) in [6, 6.07) is 21.8. The van der Waals surface area contributed by atoms with Gasteiger partial charge in [-0.2, -0.15) is 0 Å². The molecule has 0 aromatic heterocycles. The number of piperidine rings is 1. The maximum absolute atomic E-state index is 6.78. The van der Waals surface area contributed by atoms with Crippen molar-refractivity contribution in [2.75, 3.05) is 39.4 Å². The molecule has 1 aliphatic carbocycles. The van der Waals surface area contributed by atoms with Gasteiger partial charge in [0.2, 0.25) is 0 Å². The van der Waals surface area contributed by atoms with Gasteiger partial charge in [-0.25, -0.2) is 0 Å². The molecule has 2 fully saturated rings. The van der Waals surface area contributed by atoms with Crippen molar-refractivity contribution >= 4 is 29.4 Å². The van der Waals surface area contributed by atoms with Crippen LogP contribution in [0.5, 0.6) is 0 Å². The molecular formula is C27H33N2OPS. The van der Waals surface area contributed by atoms with Crippen molar-refractivity contribution in [3.05, 3.63) is 82.8 Å². The molecule has 2 aromatic carbocycles. The monoisotopic (exact) mass is 464 g/mol. The summed E-state index contributed by atoms with van der Waals surface area (Å²) in [7, 11) is 0. The molecule has 0 amide bonds. The van der Waals surface area contributed by atoms with Crippen LogP contribution in [-0.2, 0) is 16.5 Å². The van der Waals surface area contributed by atoms with Crippen molar-refractivity contribution in [2.24, 2.45) is 0 Å². The molecule has 3 aliphatic rings. The molecule has 5 heteroatoms. The van der Waals surface area contributed by atoms with Crippen LogP contribution < -0.4 is 5.30 Å². The zero-order chi connectivity index (χ0) is 21.8. The summed E-state index contributed by atoms with van der Waals surface area (Å²) in [6.45, 7) is 5.73. The molecular weight excluding hydrogens is 431 g/mol. The van der Waals surface area contributed by atoms with E-state index in [9.17, 15) is 0 Å². The molecule has 2 saturated heterocycles. The summed E-state index contributed by atoms with van der Waals surface area (Å²) in [5.41, 5.74) is 4.25. The standard InChI is InChI=1S/C27H33N2OPS/c32-31(25-12-6-2-7-13-25,29-18-20-30-21-19-29)26-15-14-24(22-23-10-4-1-5-11-23)27(26)28-16-8-3-9-17-28/h1-2,4-7,10-13,22H,3,8-9,14-21H2/b24-22+. The van der Waals surface area contributed by atoms with E-state index < -0.39 is 6.19 Å². The zero-order valence-corrected chi connectivity index (χ0v) is 20.5. The minimum atomic E-state index is -2.08. The normalized spacial score (nSPS) is 23.5. The fraction of sp³-hybridized carbons (Fsp3) is 0.407. The van der Waals surface area contributed by atoms with Crippen LogP contribution in [-0.4, -0.2) is 49.0 Å². The first-order chi connectivity index (χ1) is 15.8. The van der Waals surface area contributed by atoms with Crippen LogP contribution in [0.1, 0.15) is 37.7 Å². The number of allylic oxidation sites excluding steroid dienone is 2. The zero-order valence-electron chi connectivity index (χ0n) is 18.8. The lowest BCUT2D eigenvalue weighted by Crippen LogP contribution is -2.38. The van der Waals surface area contributed by atoms with Gasteiger partial charge in [0, 0.05) is 42.5 Å². The van der Waals surface area contributed by atoms with Crippen molar-refractivity contribution in [3.63, 3.8) is 0 Å². The predicted octanol–water partition coefficient (Wildman–Crippen LogP) is 5.61. The number of ether oxygens (including phenoxy) is 1. The third kappa shape index (κ3) is 4.39. The number of rotatable bonds is 5. The van der Waals surface area contributed by atoms with Gasteiger partial charge < -0.3 is 9.64 Å². The van der Waals surface area contributed by atoms with Gasteiger partial charge in [0.05, 0.1) is 19.4 Å². The highest BCUT2D eigenvalue weighted by Crippen LogP contribution is 2.63. The van der Waals surface area contributed by atoms with E-state index >= 15 is 0 Å². The van der Waals surface area contributed by atoms with Gasteiger partial charge in [0.25, 0.3) is 0 Å². The first kappa shape index (κ1) is 22.1. The SMILES string of the molecule is S=P(C1=C(N2CCCCC2)/C(=C/c2ccccc2)CC1)(c1ccccc1)N1CCOCC1. The number of nitrogens with zero attached hydrogens (tertiary/aromatic N) is 2. The minimum Gasteiger partial charge on any atom is -0.379 e. The molecule has 0 spiro atoms. The fourth-order valence-corrected chi connectivity index (χ4v) is 9.98. The Morgan fingerprint density at radius 3 is 2.12 bits per heavy atom. The van der Waals surface area contributed by atoms with Gasteiger partial charge in [-0.3, -0.25) is 4.67 Å². The lowest BCUT2D eigenvalue weighted by molar-refractivity contribution is 0.0752. The van der Waals surface area contributed by atoms with Crippen LogP contribution in [0.2, 0.25) is 0 Å². The van der Waals surface area contributed by atoms with Crippen LogP contribution in [0.4, 0.5) is 0 Å². The molecule has 168 valence electrons. The van der Waals surface area contributed by atoms with Gasteiger partial charge in [-0.05, 0) is 49.3 Å². The first-order valence-corrected chi connectivity index (χ1v) is 14.8. The van der Waals surface area contributed by atoms with E-state index in [2.05, 4.69) is 76.3 Å². The Balaban J connectivity index is 1.67. The second-order valence-electron chi connectivity index (χ2n) is 8.90. The molecule has 5 rings (SSSR count). The van der Waals surface area contributed by atoms with Crippen LogP contribution in [0.25, 0.3) is 6.08 Å². The van der Waals surface area contributed by atoms with E-state index in [0.29, 0.717) is 0 Å². The second kappa shape index (κ2) is 10.1. The van der Waals surface area contributed by atoms with Crippen LogP contribution in [0, 0.1) is 0 Å². The molecule has 3 nitrogen and oxygen atoms in total. The largest absolute Gasteiger partial charge is 0.379 e. The highest BCUT2D eigenvalue weighted by atomic mass is 32.4. The van der Waals surface area contributed by atoms with Crippen molar-refractivity contribution in [2.45, 2.75) is 32.1 Å². The Bertz CT molecular complexity index is 1020. The first-order valence-electron chi connectivity index (χ1n) is 12.0. The summed E-state index contributed by atoms with van der Waals surface area (Å²) in [5.74, 6) is 0. The number of benzene rings is 2. The maximum Gasteiger partial charge on any atom is 0.0693 e. The van der Waals surface area contributed by atoms with E-state index in [-0.39, 0.29) is 0 Å². The summed E-state index contributed by atoms with van der Waals surface area (Å²) >= 11 is 6.78. The summed E-state index contributed by atoms with van der Waals surface area (Å²) < 4.78 is 8.33. The topological polar surface area (TPSA) is 15.7 Å². The van der Waals surface area contributed by atoms with Crippen LogP contribution >= 0.6 is 6.19 Å². The molecule has 0 radical (unpaired) electrons. The molecule has 0 N–H and O–H groups in total. The average molecular weight is 465 g/mol. The summed E-state index contributed by atoms with van der Waals surface area (Å²) in [6.07, 6.45) is 6.41. The summed E-state index contributed by atoms with van der Waals surface area (Å²) in [4.78, 5) is 2.67. The lowest BCUT2D eigenvalue weighted by atomic mass is 10.1. The molecule has 0 bridgehead atoms. The number of morpholine rings is 1. The molecule has 2 aliphatic heterocycles. The fourth-order valence-electron chi connectivity index (χ4n) is 5.32. The molecule has 1 unspecified atom stereocenters. The quantitative estimate of drug-likeness (QED) is 0.534. The maximum atomic E-state index is 6.78. The van der Waals surface area contributed by atoms with Crippen molar-refractivity contribution in [3.8, 4) is 0 Å². The van der Waals surface area contributed by atoms with Crippen molar-refractivity contribution in [1.82, 2.24) is 9.57 Å². The second-order valence-corrected chi connectivity index (χ2v) is 13.3. The van der Waals surface area contributed by atoms with Gasteiger partial charge in [0.1, 0.15) is 0 Å². The predicted molar refractivity (Wildman–Crippen MR) is 139 cm³/mol. The Kier molecular flexibility index (Phi) is 6.94. The Morgan fingerprint density at radius 1 is 0.781 bits per heavy atom. The van der Waals surface area contributed by atoms with E-state index in [1.807, 2.05) is 0 Å². The van der Waals surface area contributed by atoms with Crippen LogP contribution in [0.3, 0.4) is 0 Å². The Labute approximate surface area is 197 Å². The van der Waals surface area contributed by atoms with E-state index in [1.165, 1.54) is 46.7 Å². The van der Waals surface area contributed by atoms with E-state index in [1.54, 1.807) is 0 Å². The van der Waals surface area contributed by atoms with Gasteiger partial charge in [-0.15, -0.1) is 0 Å². The highest BCUT2D eigenvalue weighted by Gasteiger charge is 2.39. The van der Waals surface area contributed by atoms with Crippen LogP contribution in [0.15, 0.2) is 77.2 Å². The van der Waals surface area contributed by atoms with Gasteiger partial charge in [-0.1, -0.05) is 72.5 Å². The van der Waals surface area contributed by atoms with E-state index in [0.717, 1.165) is 52.2 Å². The average Bonchev–Trinajstić information content (AvgIpc) is 3.29. The minimum absolute atomic E-state index is 0.782. The lowest BCUT2D eigenvalue weighted by Gasteiger charge is -2.41. The number of likely N-dealkylation sites (tertiary alicyclic amines) is 1. The summed E-state index contributed by atoms with van der Waals surface area (Å²) in [5, 5.41) is 2.87. The molecule has 0 saturated carbocycles. The van der Waals surface area contributed by atoms with Crippen molar-refractivity contribution < 1.29 is 4.74 Å². The Hall–Kier alpha value is -1.71. The van der Waals surface area contributed by atoms with Gasteiger partial charge in [0.15, 0.2) is 0 Å². The molecule has 2 heterocycles. The van der Waals surface area contributed by atoms with E-state index in [4.69, 9.17) is 16.5 Å². The van der Waals surface area contributed by atoms with Crippen molar-refractivity contribution in [1.29, 1.82) is 0 Å². The number of hydrogen-bond acceptors (Lipinski definition) is 3. The number of hydrogen-bond donors (Lipinski definition) is 0. The molecule has 32 heavy (non-hydrogen) atoms. The molecule has 1 atom stereocenters. The Morgan fingerprint density at radius 2 is 1.44 bits per heavy atom. The molecule has 2 aromatic rings. The third-order valence-corrected chi connectivity index (χ3v) is 12.2. The third-order valence-electron chi connectivity index (χ3n) is 6.88. The van der Waals surface area contributed by atoms with Gasteiger partial charge >= 0.3 is 0 Å². The highest BCUT2D eigenvalue weighted by molar-refractivity contribution is 8.19.